The summed E-state index contributed by atoms with van der Waals surface area (Å²) >= 11 is 0. The summed E-state index contributed by atoms with van der Waals surface area (Å²) < 4.78 is 5.45. The van der Waals surface area contributed by atoms with Crippen LogP contribution in [0.1, 0.15) is 35.9 Å². The van der Waals surface area contributed by atoms with Crippen molar-refractivity contribution in [2.24, 2.45) is 0 Å². The topological polar surface area (TPSA) is 90.1 Å². The molecule has 6 heteroatoms. The van der Waals surface area contributed by atoms with Crippen molar-refractivity contribution in [3.63, 3.8) is 0 Å². The van der Waals surface area contributed by atoms with Gasteiger partial charge in [-0.1, -0.05) is 12.1 Å². The monoisotopic (exact) mass is 286 g/mol. The first kappa shape index (κ1) is 14.8. The molecule has 6 nitrogen and oxygen atoms in total. The van der Waals surface area contributed by atoms with Crippen molar-refractivity contribution in [1.82, 2.24) is 15.3 Å². The maximum atomic E-state index is 12.1. The number of nitrogens with two attached hydrogens (primary N) is 1. The van der Waals surface area contributed by atoms with E-state index in [-0.39, 0.29) is 23.5 Å². The molecule has 3 N–H and O–H groups in total. The number of rotatable bonds is 5. The third kappa shape index (κ3) is 3.68. The molecule has 1 aromatic carbocycles. The molecule has 21 heavy (non-hydrogen) atoms. The van der Waals surface area contributed by atoms with E-state index < -0.39 is 0 Å². The quantitative estimate of drug-likeness (QED) is 0.876. The van der Waals surface area contributed by atoms with E-state index in [4.69, 9.17) is 10.5 Å². The van der Waals surface area contributed by atoms with Gasteiger partial charge >= 0.3 is 0 Å². The molecule has 1 aromatic heterocycles. The van der Waals surface area contributed by atoms with Crippen LogP contribution in [0.4, 0.5) is 5.82 Å². The standard InChI is InChI=1S/C15H18N4O2/c1-3-21-12-6-4-5-11(9-12)10(2)19-15(20)13-14(16)18-8-7-17-13/h4-10H,3H2,1-2H3,(H2,16,18)(H,19,20). The van der Waals surface area contributed by atoms with Gasteiger partial charge in [-0.25, -0.2) is 9.97 Å². The van der Waals surface area contributed by atoms with E-state index in [0.717, 1.165) is 11.3 Å². The summed E-state index contributed by atoms with van der Waals surface area (Å²) in [6, 6.07) is 7.39. The highest BCUT2D eigenvalue weighted by Gasteiger charge is 2.15. The number of nitrogens with one attached hydrogen (secondary N) is 1. The van der Waals surface area contributed by atoms with Gasteiger partial charge in [0.1, 0.15) is 5.75 Å². The highest BCUT2D eigenvalue weighted by atomic mass is 16.5. The van der Waals surface area contributed by atoms with Crippen LogP contribution in [0.3, 0.4) is 0 Å². The van der Waals surface area contributed by atoms with Gasteiger partial charge in [-0.2, -0.15) is 0 Å². The lowest BCUT2D eigenvalue weighted by Crippen LogP contribution is -2.28. The Morgan fingerprint density at radius 2 is 2.14 bits per heavy atom. The molecule has 2 aromatic rings. The van der Waals surface area contributed by atoms with E-state index in [1.807, 2.05) is 38.1 Å². The van der Waals surface area contributed by atoms with Crippen molar-refractivity contribution >= 4 is 11.7 Å². The van der Waals surface area contributed by atoms with E-state index in [2.05, 4.69) is 15.3 Å². The predicted molar refractivity (Wildman–Crippen MR) is 79.9 cm³/mol. The van der Waals surface area contributed by atoms with Crippen molar-refractivity contribution in [3.8, 4) is 5.75 Å². The zero-order valence-corrected chi connectivity index (χ0v) is 12.0. The molecule has 1 amide bonds. The smallest absolute Gasteiger partial charge is 0.274 e. The summed E-state index contributed by atoms with van der Waals surface area (Å²) in [7, 11) is 0. The first-order chi connectivity index (χ1) is 10.1. The molecular formula is C15H18N4O2. The molecule has 0 aliphatic rings. The van der Waals surface area contributed by atoms with Crippen molar-refractivity contribution < 1.29 is 9.53 Å². The number of nitrogen functional groups attached to an aromatic ring is 1. The van der Waals surface area contributed by atoms with E-state index in [1.165, 1.54) is 12.4 Å². The predicted octanol–water partition coefficient (Wildman–Crippen LogP) is 1.95. The van der Waals surface area contributed by atoms with E-state index in [9.17, 15) is 4.79 Å². The van der Waals surface area contributed by atoms with Gasteiger partial charge in [0.2, 0.25) is 0 Å². The molecule has 0 spiro atoms. The molecule has 0 radical (unpaired) electrons. The van der Waals surface area contributed by atoms with Gasteiger partial charge in [0.05, 0.1) is 12.6 Å². The van der Waals surface area contributed by atoms with Gasteiger partial charge in [-0.15, -0.1) is 0 Å². The summed E-state index contributed by atoms with van der Waals surface area (Å²) in [5.74, 6) is 0.537. The Balaban J connectivity index is 2.11. The number of carbonyl (C=O) groups is 1. The van der Waals surface area contributed by atoms with E-state index >= 15 is 0 Å². The minimum Gasteiger partial charge on any atom is -0.494 e. The van der Waals surface area contributed by atoms with Gasteiger partial charge in [0, 0.05) is 12.4 Å². The molecule has 1 atom stereocenters. The zero-order valence-electron chi connectivity index (χ0n) is 12.0. The molecule has 1 unspecified atom stereocenters. The average molecular weight is 286 g/mol. The lowest BCUT2D eigenvalue weighted by atomic mass is 10.1. The van der Waals surface area contributed by atoms with Gasteiger partial charge in [-0.3, -0.25) is 4.79 Å². The molecule has 0 fully saturated rings. The minimum atomic E-state index is -0.352. The fourth-order valence-corrected chi connectivity index (χ4v) is 1.91. The normalized spacial score (nSPS) is 11.7. The SMILES string of the molecule is CCOc1cccc(C(C)NC(=O)c2nccnc2N)c1. The summed E-state index contributed by atoms with van der Waals surface area (Å²) in [5.41, 5.74) is 6.72. The molecule has 110 valence electrons. The number of ether oxygens (including phenoxy) is 1. The summed E-state index contributed by atoms with van der Waals surface area (Å²) in [6.45, 7) is 4.41. The Bertz CT molecular complexity index is 631. The Hall–Kier alpha value is -2.63. The average Bonchev–Trinajstić information content (AvgIpc) is 2.48. The molecule has 0 aliphatic heterocycles. The summed E-state index contributed by atoms with van der Waals surface area (Å²) in [4.78, 5) is 19.9. The Kier molecular flexibility index (Phi) is 4.71. The highest BCUT2D eigenvalue weighted by molar-refractivity contribution is 5.96. The van der Waals surface area contributed by atoms with Crippen LogP contribution < -0.4 is 15.8 Å². The second kappa shape index (κ2) is 6.69. The lowest BCUT2D eigenvalue weighted by Gasteiger charge is -2.15. The number of nitrogens with zero attached hydrogens (tertiary/aromatic N) is 2. The zero-order chi connectivity index (χ0) is 15.2. The van der Waals surface area contributed by atoms with Crippen LogP contribution in [0.5, 0.6) is 5.75 Å². The number of aromatic nitrogens is 2. The Morgan fingerprint density at radius 3 is 2.86 bits per heavy atom. The fraction of sp³-hybridized carbons (Fsp3) is 0.267. The largest absolute Gasteiger partial charge is 0.494 e. The fourth-order valence-electron chi connectivity index (χ4n) is 1.91. The number of hydrogen-bond acceptors (Lipinski definition) is 5. The van der Waals surface area contributed by atoms with Crippen LogP contribution in [-0.2, 0) is 0 Å². The summed E-state index contributed by atoms with van der Waals surface area (Å²) in [6.07, 6.45) is 2.88. The molecule has 2 rings (SSSR count). The third-order valence-electron chi connectivity index (χ3n) is 2.96. The minimum absolute atomic E-state index is 0.116. The molecule has 0 saturated carbocycles. The van der Waals surface area contributed by atoms with E-state index in [0.29, 0.717) is 6.61 Å². The molecule has 0 saturated heterocycles. The second-order valence-electron chi connectivity index (χ2n) is 4.49. The van der Waals surface area contributed by atoms with Crippen LogP contribution in [0.2, 0.25) is 0 Å². The van der Waals surface area contributed by atoms with Crippen molar-refractivity contribution in [2.45, 2.75) is 19.9 Å². The lowest BCUT2D eigenvalue weighted by molar-refractivity contribution is 0.0935. The first-order valence-corrected chi connectivity index (χ1v) is 6.72. The third-order valence-corrected chi connectivity index (χ3v) is 2.96. The van der Waals surface area contributed by atoms with Gasteiger partial charge in [-0.05, 0) is 31.5 Å². The van der Waals surface area contributed by atoms with Crippen LogP contribution in [-0.4, -0.2) is 22.5 Å². The van der Waals surface area contributed by atoms with Gasteiger partial charge in [0.25, 0.3) is 5.91 Å². The number of carbonyl (C=O) groups excluding carboxylic acids is 1. The van der Waals surface area contributed by atoms with Crippen LogP contribution in [0.15, 0.2) is 36.7 Å². The number of benzene rings is 1. The molecule has 0 aliphatic carbocycles. The molecule has 0 bridgehead atoms. The number of anilines is 1. The maximum absolute atomic E-state index is 12.1. The Morgan fingerprint density at radius 1 is 1.38 bits per heavy atom. The van der Waals surface area contributed by atoms with Crippen LogP contribution >= 0.6 is 0 Å². The number of hydrogen-bond donors (Lipinski definition) is 2. The van der Waals surface area contributed by atoms with Crippen LogP contribution in [0, 0.1) is 0 Å². The van der Waals surface area contributed by atoms with E-state index in [1.54, 1.807) is 0 Å². The van der Waals surface area contributed by atoms with Crippen molar-refractivity contribution in [3.05, 3.63) is 47.9 Å². The first-order valence-electron chi connectivity index (χ1n) is 6.72. The van der Waals surface area contributed by atoms with Crippen molar-refractivity contribution in [1.29, 1.82) is 0 Å². The molecule has 1 heterocycles. The highest BCUT2D eigenvalue weighted by Crippen LogP contribution is 2.19. The number of amides is 1. The van der Waals surface area contributed by atoms with Crippen LogP contribution in [0.25, 0.3) is 0 Å². The van der Waals surface area contributed by atoms with Crippen molar-refractivity contribution in [2.75, 3.05) is 12.3 Å². The summed E-state index contributed by atoms with van der Waals surface area (Å²) in [5, 5.41) is 2.85. The maximum Gasteiger partial charge on any atom is 0.274 e. The Labute approximate surface area is 123 Å². The van der Waals surface area contributed by atoms with Gasteiger partial charge in [0.15, 0.2) is 11.5 Å². The second-order valence-corrected chi connectivity index (χ2v) is 4.49. The molecular weight excluding hydrogens is 268 g/mol. The van der Waals surface area contributed by atoms with Gasteiger partial charge < -0.3 is 15.8 Å².